The molecule has 0 N–H and O–H groups in total. The second kappa shape index (κ2) is 19.4. The Morgan fingerprint density at radius 1 is 0.725 bits per heavy atom. The summed E-state index contributed by atoms with van der Waals surface area (Å²) in [7, 11) is -3.49. The van der Waals surface area contributed by atoms with Crippen LogP contribution in [0.4, 0.5) is 0 Å². The van der Waals surface area contributed by atoms with Crippen molar-refractivity contribution in [1.29, 1.82) is 0 Å². The molecule has 12 bridgehead atoms. The van der Waals surface area contributed by atoms with Crippen LogP contribution in [0.15, 0.2) is 24.3 Å². The molecule has 18 heteroatoms. The molecule has 11 fully saturated rings. The van der Waals surface area contributed by atoms with E-state index in [0.29, 0.717) is 38.5 Å². The van der Waals surface area contributed by atoms with Crippen LogP contribution in [0, 0.1) is 11.8 Å². The van der Waals surface area contributed by atoms with E-state index in [-0.39, 0.29) is 90.4 Å². The van der Waals surface area contributed by atoms with Gasteiger partial charge in [0.15, 0.2) is 14.1 Å². The van der Waals surface area contributed by atoms with Crippen LogP contribution in [0.5, 0.6) is 0 Å². The van der Waals surface area contributed by atoms with Crippen molar-refractivity contribution in [3.8, 4) is 0 Å². The summed E-state index contributed by atoms with van der Waals surface area (Å²) in [6.45, 7) is 24.2. The van der Waals surface area contributed by atoms with E-state index >= 15 is 0 Å². The summed E-state index contributed by atoms with van der Waals surface area (Å²) in [5.41, 5.74) is 2.11. The molecule has 0 unspecified atom stereocenters. The standard InChI is InChI=1S/C51H79O16PSi/c1-26-18-31-12-14-34-27(2)19-33(57-34)16-17-51-24-41-46(65-51)47-48(63-41)49(66-51)45-35(61-47)15-13-32(59-45)21-42(53)64-44-29(4)43-40(60-39(44)22-36(58-31)28(26)3)23-38(67-69(10,11)50(5,6)7)37(62-43)20-30(52)25-68(54,55-8)56-9/h26,29,31-41,43-49H,2-3,12-25H2,1,4-11H3/t26-,29+,31+,32-,33+,34+,35+,36-,37-,38-,39+,40+,41-,43+,44-,45+,46+,47+,48+,49+,51-/m1/s1. The zero-order chi connectivity index (χ0) is 48.9. The van der Waals surface area contributed by atoms with E-state index in [2.05, 4.69) is 53.9 Å². The Morgan fingerprint density at radius 2 is 1.41 bits per heavy atom. The van der Waals surface area contributed by atoms with Crippen LogP contribution >= 0.6 is 7.60 Å². The van der Waals surface area contributed by atoms with Crippen LogP contribution in [0.2, 0.25) is 18.1 Å². The third-order valence-corrected chi connectivity index (χ3v) is 24.4. The number of rotatable bonds is 8. The molecule has 388 valence electrons. The minimum Gasteiger partial charge on any atom is -0.459 e. The topological polar surface area (TPSA) is 171 Å². The van der Waals surface area contributed by atoms with Crippen molar-refractivity contribution in [3.05, 3.63) is 24.3 Å². The van der Waals surface area contributed by atoms with Crippen LogP contribution in [0.1, 0.15) is 118 Å². The average Bonchev–Trinajstić information content (AvgIpc) is 3.88. The smallest absolute Gasteiger partial charge is 0.337 e. The number of fused-ring (bicyclic) bond motifs is 7. The Kier molecular flexibility index (Phi) is 14.3. The van der Waals surface area contributed by atoms with Gasteiger partial charge < -0.3 is 60.8 Å². The first-order chi connectivity index (χ1) is 32.6. The van der Waals surface area contributed by atoms with Crippen molar-refractivity contribution < 1.29 is 75.0 Å². The molecule has 11 saturated heterocycles. The van der Waals surface area contributed by atoms with E-state index in [1.165, 1.54) is 14.2 Å². The summed E-state index contributed by atoms with van der Waals surface area (Å²) in [4.78, 5) is 28.2. The van der Waals surface area contributed by atoms with E-state index in [0.717, 1.165) is 43.3 Å². The fraction of sp³-hybridized carbons (Fsp3) is 0.882. The number of carbonyl (C=O) groups is 2. The van der Waals surface area contributed by atoms with Crippen molar-refractivity contribution in [2.24, 2.45) is 11.8 Å². The normalized spacial score (nSPS) is 46.9. The second-order valence-corrected chi connectivity index (χ2v) is 30.7. The Morgan fingerprint density at radius 3 is 2.16 bits per heavy atom. The van der Waals surface area contributed by atoms with Gasteiger partial charge in [-0.2, -0.15) is 0 Å². The molecule has 0 radical (unpaired) electrons. The molecule has 0 aromatic carbocycles. The van der Waals surface area contributed by atoms with E-state index in [9.17, 15) is 14.2 Å². The lowest BCUT2D eigenvalue weighted by atomic mass is 9.79. The molecular formula is C51H79O16PSi. The molecule has 11 aliphatic heterocycles. The highest BCUT2D eigenvalue weighted by atomic mass is 31.2. The lowest BCUT2D eigenvalue weighted by Gasteiger charge is -2.53. The summed E-state index contributed by atoms with van der Waals surface area (Å²) < 4.78 is 99.1. The highest BCUT2D eigenvalue weighted by molar-refractivity contribution is 7.54. The lowest BCUT2D eigenvalue weighted by molar-refractivity contribution is -0.293. The molecule has 0 aliphatic carbocycles. The first-order valence-corrected chi connectivity index (χ1v) is 30.7. The molecule has 0 aromatic heterocycles. The average molecular weight is 1010 g/mol. The predicted molar refractivity (Wildman–Crippen MR) is 253 cm³/mol. The zero-order valence-corrected chi connectivity index (χ0v) is 44.2. The number of ether oxygens (including phenoxy) is 10. The van der Waals surface area contributed by atoms with Gasteiger partial charge in [0.1, 0.15) is 48.6 Å². The van der Waals surface area contributed by atoms with E-state index in [1.807, 2.05) is 6.92 Å². The maximum absolute atomic E-state index is 14.5. The first-order valence-electron chi connectivity index (χ1n) is 26.0. The third kappa shape index (κ3) is 10.0. The number of ketones is 1. The van der Waals surface area contributed by atoms with Crippen LogP contribution in [0.25, 0.3) is 0 Å². The Bertz CT molecular complexity index is 2000. The minimum atomic E-state index is -3.63. The summed E-state index contributed by atoms with van der Waals surface area (Å²) in [5.74, 6) is -1.73. The van der Waals surface area contributed by atoms with E-state index in [4.69, 9.17) is 60.8 Å². The maximum Gasteiger partial charge on any atom is 0.337 e. The quantitative estimate of drug-likeness (QED) is 0.100. The van der Waals surface area contributed by atoms with Crippen molar-refractivity contribution in [2.75, 3.05) is 20.4 Å². The maximum atomic E-state index is 14.5. The number of esters is 1. The Labute approximate surface area is 409 Å². The Hall–Kier alpha value is -1.41. The molecule has 11 rings (SSSR count). The highest BCUT2D eigenvalue weighted by Crippen LogP contribution is 2.55. The van der Waals surface area contributed by atoms with Crippen molar-refractivity contribution in [3.63, 3.8) is 0 Å². The molecule has 69 heavy (non-hydrogen) atoms. The molecule has 0 aromatic rings. The van der Waals surface area contributed by atoms with Crippen molar-refractivity contribution in [2.45, 2.75) is 252 Å². The molecule has 0 amide bonds. The predicted octanol–water partition coefficient (Wildman–Crippen LogP) is 7.68. The monoisotopic (exact) mass is 1010 g/mol. The summed E-state index contributed by atoms with van der Waals surface area (Å²) in [5, 5.41) is -0.134. The minimum absolute atomic E-state index is 0.00568. The zero-order valence-electron chi connectivity index (χ0n) is 42.3. The van der Waals surface area contributed by atoms with Gasteiger partial charge in [0, 0.05) is 52.2 Å². The van der Waals surface area contributed by atoms with Gasteiger partial charge in [-0.25, -0.2) is 0 Å². The third-order valence-electron chi connectivity index (χ3n) is 18.0. The van der Waals surface area contributed by atoms with Gasteiger partial charge in [0.2, 0.25) is 0 Å². The number of carbonyl (C=O) groups excluding carboxylic acids is 2. The SMILES string of the molecule is C=C1C[C@@H]2CC[C@]34C[C@H]5O[C@@H]6[C@@H](O3)[C@H]3O[C@H](CC[C@@H]3O[C@H]6[C@H]5O4)CC(=O)O[C@@H]3[C@@H](C)[C@@H]4O[C@H](CC(=O)CP(=O)(OC)OC)[C@H](O[Si](C)(C)C(C)(C)C)C[C@@H]4O[C@H]3C[C@H]3O[C@@H](CC[C@@H]1O2)C[C@@H](C)C3=C. The molecule has 0 saturated carbocycles. The van der Waals surface area contributed by atoms with Crippen LogP contribution in [0.3, 0.4) is 0 Å². The summed E-state index contributed by atoms with van der Waals surface area (Å²) in [6, 6.07) is 0. The van der Waals surface area contributed by atoms with Crippen LogP contribution in [-0.4, -0.2) is 156 Å². The van der Waals surface area contributed by atoms with Crippen LogP contribution < -0.4 is 0 Å². The number of hydrogen-bond acceptors (Lipinski definition) is 16. The highest BCUT2D eigenvalue weighted by Gasteiger charge is 2.69. The first kappa shape index (κ1) is 51.1. The lowest BCUT2D eigenvalue weighted by Crippen LogP contribution is -2.63. The second-order valence-electron chi connectivity index (χ2n) is 23.7. The molecule has 1 spiro atoms. The summed E-state index contributed by atoms with van der Waals surface area (Å²) >= 11 is 0. The molecule has 11 heterocycles. The van der Waals surface area contributed by atoms with E-state index < -0.39 is 88.8 Å². The number of Topliss-reactive ketones (excluding diaryl/α,β-unsaturated/α-hetero) is 1. The van der Waals surface area contributed by atoms with E-state index in [1.54, 1.807) is 0 Å². The molecular weight excluding hydrogens is 928 g/mol. The summed E-state index contributed by atoms with van der Waals surface area (Å²) in [6.07, 6.45) is 0.640. The largest absolute Gasteiger partial charge is 0.459 e. The van der Waals surface area contributed by atoms with Gasteiger partial charge in [-0.05, 0) is 80.1 Å². The van der Waals surface area contributed by atoms with Gasteiger partial charge in [-0.3, -0.25) is 14.2 Å². The van der Waals surface area contributed by atoms with Gasteiger partial charge in [-0.15, -0.1) is 0 Å². The van der Waals surface area contributed by atoms with Crippen molar-refractivity contribution >= 4 is 27.7 Å². The number of hydrogen-bond donors (Lipinski definition) is 0. The molecule has 16 nitrogen and oxygen atoms in total. The fourth-order valence-electron chi connectivity index (χ4n) is 13.1. The van der Waals surface area contributed by atoms with Gasteiger partial charge in [-0.1, -0.05) is 47.8 Å². The van der Waals surface area contributed by atoms with Gasteiger partial charge >= 0.3 is 13.6 Å². The van der Waals surface area contributed by atoms with Crippen molar-refractivity contribution in [1.82, 2.24) is 0 Å². The molecule has 21 atom stereocenters. The van der Waals surface area contributed by atoms with Gasteiger partial charge in [0.25, 0.3) is 0 Å². The van der Waals surface area contributed by atoms with Gasteiger partial charge in [0.05, 0.1) is 79.7 Å². The Balaban J connectivity index is 0.935. The van der Waals surface area contributed by atoms with Crippen LogP contribution in [-0.2, 0) is 75.0 Å². The molecule has 11 aliphatic rings. The fourth-order valence-corrected chi connectivity index (χ4v) is 15.4.